The van der Waals surface area contributed by atoms with Gasteiger partial charge in [-0.25, -0.2) is 19.7 Å². The molecule has 1 aliphatic rings. The number of nitrogens with one attached hydrogen (secondary N) is 1. The fourth-order valence-electron chi connectivity index (χ4n) is 3.36. The number of aryl methyl sites for hydroxylation is 1. The largest absolute Gasteiger partial charge is 0.480 e. The lowest BCUT2D eigenvalue weighted by Crippen LogP contribution is -2.56. The molecule has 0 unspecified atom stereocenters. The molecule has 0 atom stereocenters. The molecule has 26 heavy (non-hydrogen) atoms. The lowest BCUT2D eigenvalue weighted by molar-refractivity contribution is -0.146. The highest BCUT2D eigenvalue weighted by Crippen LogP contribution is 2.35. The maximum Gasteiger partial charge on any atom is 0.329 e. The second-order valence-electron chi connectivity index (χ2n) is 6.70. The zero-order valence-corrected chi connectivity index (χ0v) is 15.7. The van der Waals surface area contributed by atoms with Crippen LogP contribution < -0.4 is 5.32 Å². The Bertz CT molecular complexity index is 798. The summed E-state index contributed by atoms with van der Waals surface area (Å²) in [6.45, 7) is 3.85. The van der Waals surface area contributed by atoms with Crippen molar-refractivity contribution in [1.82, 2.24) is 20.3 Å². The van der Waals surface area contributed by atoms with Crippen LogP contribution in [-0.4, -0.2) is 37.5 Å². The first-order valence-corrected chi connectivity index (χ1v) is 9.57. The van der Waals surface area contributed by atoms with Crippen LogP contribution in [0.15, 0.2) is 18.5 Å². The molecule has 0 aromatic carbocycles. The standard InChI is InChI=1S/C18H22N4O3S/c1-3-12-5-7-18(8-6-12,17(24)25)22-15(23)13-11(2)21-16(26-13)14-19-9-4-10-20-14/h4,9-10,12H,3,5-8H2,1-2H3,(H,22,23)(H,24,25). The molecule has 1 fully saturated rings. The van der Waals surface area contributed by atoms with E-state index in [0.717, 1.165) is 19.3 Å². The van der Waals surface area contributed by atoms with Gasteiger partial charge in [-0.05, 0) is 44.6 Å². The molecule has 138 valence electrons. The van der Waals surface area contributed by atoms with E-state index in [1.54, 1.807) is 25.4 Å². The van der Waals surface area contributed by atoms with Crippen molar-refractivity contribution >= 4 is 23.2 Å². The first-order chi connectivity index (χ1) is 12.4. The molecule has 1 aliphatic carbocycles. The topological polar surface area (TPSA) is 105 Å². The van der Waals surface area contributed by atoms with Crippen LogP contribution in [0, 0.1) is 12.8 Å². The molecule has 0 saturated heterocycles. The summed E-state index contributed by atoms with van der Waals surface area (Å²) in [4.78, 5) is 37.8. The van der Waals surface area contributed by atoms with E-state index >= 15 is 0 Å². The third-order valence-electron chi connectivity index (χ3n) is 5.06. The predicted octanol–water partition coefficient (Wildman–Crippen LogP) is 3.06. The predicted molar refractivity (Wildman–Crippen MR) is 98.0 cm³/mol. The van der Waals surface area contributed by atoms with Gasteiger partial charge in [-0.15, -0.1) is 11.3 Å². The molecule has 0 spiro atoms. The summed E-state index contributed by atoms with van der Waals surface area (Å²) in [6, 6.07) is 1.71. The van der Waals surface area contributed by atoms with Crippen molar-refractivity contribution in [3.05, 3.63) is 29.0 Å². The molecule has 2 heterocycles. The van der Waals surface area contributed by atoms with Gasteiger partial charge in [-0.2, -0.15) is 0 Å². The van der Waals surface area contributed by atoms with E-state index in [9.17, 15) is 14.7 Å². The molecule has 1 saturated carbocycles. The van der Waals surface area contributed by atoms with E-state index in [1.807, 2.05) is 0 Å². The average molecular weight is 374 g/mol. The van der Waals surface area contributed by atoms with Gasteiger partial charge in [0.2, 0.25) is 0 Å². The van der Waals surface area contributed by atoms with E-state index in [2.05, 4.69) is 27.2 Å². The average Bonchev–Trinajstić information content (AvgIpc) is 3.05. The minimum absolute atomic E-state index is 0.389. The van der Waals surface area contributed by atoms with Crippen LogP contribution in [0.2, 0.25) is 0 Å². The number of thiazole rings is 1. The Morgan fingerprint density at radius 3 is 2.54 bits per heavy atom. The Labute approximate surface area is 155 Å². The molecule has 2 N–H and O–H groups in total. The van der Waals surface area contributed by atoms with Crippen molar-refractivity contribution < 1.29 is 14.7 Å². The number of carboxylic acid groups (broad SMARTS) is 1. The van der Waals surface area contributed by atoms with Crippen molar-refractivity contribution in [1.29, 1.82) is 0 Å². The highest BCUT2D eigenvalue weighted by atomic mass is 32.1. The van der Waals surface area contributed by atoms with Crippen LogP contribution in [0.4, 0.5) is 0 Å². The number of hydrogen-bond acceptors (Lipinski definition) is 6. The van der Waals surface area contributed by atoms with Crippen molar-refractivity contribution in [3.63, 3.8) is 0 Å². The van der Waals surface area contributed by atoms with Crippen molar-refractivity contribution in [2.75, 3.05) is 0 Å². The molecule has 7 nitrogen and oxygen atoms in total. The number of hydrogen-bond donors (Lipinski definition) is 2. The van der Waals surface area contributed by atoms with Crippen LogP contribution >= 0.6 is 11.3 Å². The van der Waals surface area contributed by atoms with Crippen molar-refractivity contribution in [2.24, 2.45) is 5.92 Å². The number of nitrogens with zero attached hydrogens (tertiary/aromatic N) is 3. The quantitative estimate of drug-likeness (QED) is 0.833. The molecule has 1 amide bonds. The maximum absolute atomic E-state index is 12.8. The smallest absolute Gasteiger partial charge is 0.329 e. The number of amides is 1. The highest BCUT2D eigenvalue weighted by molar-refractivity contribution is 7.17. The Balaban J connectivity index is 1.81. The second kappa shape index (κ2) is 7.49. The Kier molecular flexibility index (Phi) is 5.31. The van der Waals surface area contributed by atoms with Crippen molar-refractivity contribution in [2.45, 2.75) is 51.5 Å². The molecule has 8 heteroatoms. The van der Waals surface area contributed by atoms with E-state index in [-0.39, 0.29) is 5.91 Å². The van der Waals surface area contributed by atoms with Crippen LogP contribution in [-0.2, 0) is 4.79 Å². The minimum Gasteiger partial charge on any atom is -0.480 e. The fraction of sp³-hybridized carbons (Fsp3) is 0.500. The van der Waals surface area contributed by atoms with E-state index in [0.29, 0.717) is 40.2 Å². The Morgan fingerprint density at radius 2 is 1.96 bits per heavy atom. The maximum atomic E-state index is 12.8. The lowest BCUT2D eigenvalue weighted by atomic mass is 9.75. The summed E-state index contributed by atoms with van der Waals surface area (Å²) in [5.41, 5.74) is -0.638. The number of carboxylic acids is 1. The van der Waals surface area contributed by atoms with E-state index in [4.69, 9.17) is 0 Å². The van der Waals surface area contributed by atoms with Gasteiger partial charge in [-0.3, -0.25) is 4.79 Å². The van der Waals surface area contributed by atoms with Gasteiger partial charge in [0.15, 0.2) is 10.8 Å². The third-order valence-corrected chi connectivity index (χ3v) is 6.21. The molecular weight excluding hydrogens is 352 g/mol. The second-order valence-corrected chi connectivity index (χ2v) is 7.70. The van der Waals surface area contributed by atoms with Gasteiger partial charge in [0.1, 0.15) is 10.4 Å². The molecule has 2 aromatic rings. The number of aromatic nitrogens is 3. The molecule has 0 aliphatic heterocycles. The molecule has 3 rings (SSSR count). The van der Waals surface area contributed by atoms with Gasteiger partial charge in [-0.1, -0.05) is 13.3 Å². The minimum atomic E-state index is -1.19. The summed E-state index contributed by atoms with van der Waals surface area (Å²) in [5, 5.41) is 13.1. The first-order valence-electron chi connectivity index (χ1n) is 8.76. The molecule has 0 bridgehead atoms. The molecule has 2 aromatic heterocycles. The normalized spacial score (nSPS) is 22.8. The van der Waals surface area contributed by atoms with Gasteiger partial charge < -0.3 is 10.4 Å². The Morgan fingerprint density at radius 1 is 1.31 bits per heavy atom. The lowest BCUT2D eigenvalue weighted by Gasteiger charge is -2.37. The van der Waals surface area contributed by atoms with Gasteiger partial charge in [0, 0.05) is 12.4 Å². The Hall–Kier alpha value is -2.35. The SMILES string of the molecule is CCC1CCC(NC(=O)c2sc(-c3ncccn3)nc2C)(C(=O)O)CC1. The summed E-state index contributed by atoms with van der Waals surface area (Å²) >= 11 is 1.18. The van der Waals surface area contributed by atoms with Gasteiger partial charge in [0.25, 0.3) is 5.91 Å². The zero-order valence-electron chi connectivity index (χ0n) is 14.9. The summed E-state index contributed by atoms with van der Waals surface area (Å²) in [5.74, 6) is -0.365. The zero-order chi connectivity index (χ0) is 18.7. The number of aliphatic carboxylic acids is 1. The van der Waals surface area contributed by atoms with Crippen LogP contribution in [0.3, 0.4) is 0 Å². The highest BCUT2D eigenvalue weighted by Gasteiger charge is 2.43. The summed E-state index contributed by atoms with van der Waals surface area (Å²) < 4.78 is 0. The first kappa shape index (κ1) is 18.4. The van der Waals surface area contributed by atoms with Gasteiger partial charge >= 0.3 is 5.97 Å². The monoisotopic (exact) mass is 374 g/mol. The van der Waals surface area contributed by atoms with Crippen molar-refractivity contribution in [3.8, 4) is 10.8 Å². The number of carbonyl (C=O) groups excluding carboxylic acids is 1. The number of rotatable bonds is 5. The van der Waals surface area contributed by atoms with Crippen LogP contribution in [0.25, 0.3) is 10.8 Å². The fourth-order valence-corrected chi connectivity index (χ4v) is 4.27. The van der Waals surface area contributed by atoms with Gasteiger partial charge in [0.05, 0.1) is 5.69 Å². The molecule has 0 radical (unpaired) electrons. The summed E-state index contributed by atoms with van der Waals surface area (Å²) in [6.07, 6.45) is 6.81. The molecular formula is C18H22N4O3S. The van der Waals surface area contributed by atoms with Crippen LogP contribution in [0.1, 0.15) is 54.4 Å². The van der Waals surface area contributed by atoms with E-state index < -0.39 is 11.5 Å². The summed E-state index contributed by atoms with van der Waals surface area (Å²) in [7, 11) is 0. The van der Waals surface area contributed by atoms with Crippen LogP contribution in [0.5, 0.6) is 0 Å². The number of carbonyl (C=O) groups is 2. The van der Waals surface area contributed by atoms with E-state index in [1.165, 1.54) is 11.3 Å². The third kappa shape index (κ3) is 3.60.